The molecule has 1 aliphatic rings. The fourth-order valence-electron chi connectivity index (χ4n) is 6.65. The van der Waals surface area contributed by atoms with E-state index < -0.39 is 50.4 Å². The lowest BCUT2D eigenvalue weighted by Crippen LogP contribution is -2.58. The Morgan fingerprint density at radius 1 is 1.02 bits per heavy atom. The number of aliphatic hydroxyl groups excluding tert-OH is 1. The second kappa shape index (κ2) is 16.0. The van der Waals surface area contributed by atoms with Gasteiger partial charge in [0.25, 0.3) is 10.0 Å². The number of methoxy groups -OCH3 is 2. The number of likely N-dealkylation sites (N-methyl/N-ethyl adjacent to an activating group) is 1. The summed E-state index contributed by atoms with van der Waals surface area (Å²) >= 11 is 0. The molecule has 4 aromatic rings. The smallest absolute Gasteiger partial charge is 0.416 e. The van der Waals surface area contributed by atoms with E-state index in [-0.39, 0.29) is 43.4 Å². The van der Waals surface area contributed by atoms with Gasteiger partial charge in [-0.05, 0) is 68.6 Å². The Morgan fingerprint density at radius 2 is 1.77 bits per heavy atom. The van der Waals surface area contributed by atoms with Crippen LogP contribution in [0.5, 0.6) is 11.5 Å². The number of aryl methyl sites for hydroxylation is 1. The minimum Gasteiger partial charge on any atom is -0.497 e. The van der Waals surface area contributed by atoms with Gasteiger partial charge < -0.3 is 19.5 Å². The van der Waals surface area contributed by atoms with E-state index in [0.717, 1.165) is 34.9 Å². The third-order valence-electron chi connectivity index (χ3n) is 9.46. The second-order valence-corrected chi connectivity index (χ2v) is 14.4. The van der Waals surface area contributed by atoms with Gasteiger partial charge in [-0.25, -0.2) is 31.5 Å². The average Bonchev–Trinajstić information content (AvgIpc) is 3.12. The first-order valence-corrected chi connectivity index (χ1v) is 17.9. The Morgan fingerprint density at radius 3 is 2.40 bits per heavy atom. The lowest BCUT2D eigenvalue weighted by Gasteiger charge is -2.49. The van der Waals surface area contributed by atoms with Crippen LogP contribution in [-0.2, 0) is 29.2 Å². The third kappa shape index (κ3) is 8.40. The maximum atomic E-state index is 16.1. The van der Waals surface area contributed by atoms with Crippen LogP contribution in [0.4, 0.5) is 33.5 Å². The minimum atomic E-state index is -4.93. The van der Waals surface area contributed by atoms with Gasteiger partial charge in [-0.15, -0.1) is 0 Å². The largest absolute Gasteiger partial charge is 0.497 e. The summed E-state index contributed by atoms with van der Waals surface area (Å²) in [5.74, 6) is -2.05. The van der Waals surface area contributed by atoms with E-state index in [1.165, 1.54) is 32.5 Å². The second-order valence-electron chi connectivity index (χ2n) is 12.6. The highest BCUT2D eigenvalue weighted by molar-refractivity contribution is 7.92. The van der Waals surface area contributed by atoms with Gasteiger partial charge in [0, 0.05) is 54.8 Å². The van der Waals surface area contributed by atoms with Crippen LogP contribution in [-0.4, -0.2) is 81.4 Å². The molecular weight excluding hydrogens is 709 g/mol. The highest BCUT2D eigenvalue weighted by Gasteiger charge is 2.40. The highest BCUT2D eigenvalue weighted by atomic mass is 32.2. The van der Waals surface area contributed by atoms with Crippen molar-refractivity contribution in [3.63, 3.8) is 0 Å². The van der Waals surface area contributed by atoms with Gasteiger partial charge in [0.05, 0.1) is 32.9 Å². The number of halogens is 5. The molecular formula is C36H40F5N5O5S. The summed E-state index contributed by atoms with van der Waals surface area (Å²) in [6.45, 7) is 0.285. The van der Waals surface area contributed by atoms with Gasteiger partial charge in [-0.3, -0.25) is 4.90 Å². The average molecular weight is 750 g/mol. The molecule has 1 aromatic heterocycles. The normalized spacial score (nSPS) is 16.6. The van der Waals surface area contributed by atoms with Crippen LogP contribution in [0.3, 0.4) is 0 Å². The third-order valence-corrected chi connectivity index (χ3v) is 11.3. The predicted molar refractivity (Wildman–Crippen MR) is 185 cm³/mol. The topological polar surface area (TPSA) is 108 Å². The number of nitrogens with zero attached hydrogens (tertiary/aromatic N) is 5. The first kappa shape index (κ1) is 38.7. The summed E-state index contributed by atoms with van der Waals surface area (Å²) in [4.78, 5) is 10.4. The van der Waals surface area contributed by atoms with E-state index >= 15 is 8.78 Å². The molecule has 5 rings (SSSR count). The van der Waals surface area contributed by atoms with Crippen molar-refractivity contribution in [1.82, 2.24) is 14.9 Å². The molecule has 0 amide bonds. The zero-order valence-electron chi connectivity index (χ0n) is 28.9. The van der Waals surface area contributed by atoms with Crippen molar-refractivity contribution in [2.45, 2.75) is 48.8 Å². The zero-order chi connectivity index (χ0) is 37.7. The van der Waals surface area contributed by atoms with Crippen molar-refractivity contribution in [2.24, 2.45) is 0 Å². The molecule has 0 radical (unpaired) electrons. The van der Waals surface area contributed by atoms with E-state index in [1.807, 2.05) is 4.90 Å². The SMILES string of the molecule is COc1ccc(CN(c2ccncn2)S(=O)(=O)c2c(F)cc(N3CCC[C@@](CCc4cccc(C(F)(F)F)c4)(N(C)CCO)C3)cc2F)c(OC)c1. The summed E-state index contributed by atoms with van der Waals surface area (Å²) in [6.07, 6.45) is -0.235. The summed E-state index contributed by atoms with van der Waals surface area (Å²) < 4.78 is 112. The number of alkyl halides is 3. The van der Waals surface area contributed by atoms with E-state index in [1.54, 1.807) is 36.2 Å². The Balaban J connectivity index is 1.47. The monoisotopic (exact) mass is 749 g/mol. The number of sulfonamides is 1. The zero-order valence-corrected chi connectivity index (χ0v) is 29.7. The molecule has 1 atom stereocenters. The number of aliphatic hydroxyl groups is 1. The lowest BCUT2D eigenvalue weighted by atomic mass is 9.81. The molecule has 0 unspecified atom stereocenters. The van der Waals surface area contributed by atoms with Gasteiger partial charge in [-0.2, -0.15) is 13.2 Å². The number of hydrogen-bond donors (Lipinski definition) is 1. The van der Waals surface area contributed by atoms with Gasteiger partial charge in [0.1, 0.15) is 35.3 Å². The molecule has 0 spiro atoms. The first-order valence-electron chi connectivity index (χ1n) is 16.4. The van der Waals surface area contributed by atoms with Crippen LogP contribution in [0.25, 0.3) is 0 Å². The van der Waals surface area contributed by atoms with Crippen LogP contribution in [0.2, 0.25) is 0 Å². The maximum absolute atomic E-state index is 16.1. The Labute approximate surface area is 299 Å². The fraction of sp³-hybridized carbons (Fsp3) is 0.389. The number of benzene rings is 3. The van der Waals surface area contributed by atoms with Crippen LogP contribution in [0.1, 0.15) is 36.0 Å². The first-order chi connectivity index (χ1) is 24.7. The van der Waals surface area contributed by atoms with E-state index in [9.17, 15) is 26.7 Å². The molecule has 280 valence electrons. The molecule has 1 saturated heterocycles. The van der Waals surface area contributed by atoms with Crippen molar-refractivity contribution in [3.05, 3.63) is 102 Å². The number of aromatic nitrogens is 2. The Bertz CT molecular complexity index is 1930. The van der Waals surface area contributed by atoms with Crippen molar-refractivity contribution in [2.75, 3.05) is 56.7 Å². The molecule has 1 fully saturated rings. The minimum absolute atomic E-state index is 0.0971. The summed E-state index contributed by atoms with van der Waals surface area (Å²) in [7, 11) is -0.285. The quantitative estimate of drug-likeness (QED) is 0.154. The molecule has 52 heavy (non-hydrogen) atoms. The number of anilines is 2. The molecule has 1 N–H and O–H groups in total. The summed E-state index contributed by atoms with van der Waals surface area (Å²) in [5, 5.41) is 9.77. The highest BCUT2D eigenvalue weighted by Crippen LogP contribution is 2.38. The Kier molecular flexibility index (Phi) is 11.9. The number of β-amino-alcohol motifs (C(OH)–C–C–N with tert-alkyl or cyclic N) is 1. The number of hydrogen-bond acceptors (Lipinski definition) is 9. The van der Waals surface area contributed by atoms with E-state index in [2.05, 4.69) is 9.97 Å². The molecule has 3 aromatic carbocycles. The molecule has 0 saturated carbocycles. The number of ether oxygens (including phenoxy) is 2. The van der Waals surface area contributed by atoms with Crippen LogP contribution in [0, 0.1) is 11.6 Å². The standard InChI is InChI=1S/C36H40F5N5O5S/c1-44(16-17-47)35(13-10-25-6-4-7-27(18-25)36(39,40)41)12-5-15-45(23-35)28-19-30(37)34(31(38)20-28)52(48,49)46(33-11-14-42-24-43-33)22-26-8-9-29(50-2)21-32(26)51-3/h4,6-9,11,14,18-21,24,47H,5,10,12-13,15-17,22-23H2,1-3H3/t35-/m0/s1. The molecule has 2 heterocycles. The van der Waals surface area contributed by atoms with Crippen LogP contribution in [0.15, 0.2) is 78.1 Å². The van der Waals surface area contributed by atoms with E-state index in [4.69, 9.17) is 9.47 Å². The molecule has 0 aliphatic carbocycles. The van der Waals surface area contributed by atoms with E-state index in [0.29, 0.717) is 42.7 Å². The molecule has 16 heteroatoms. The molecule has 1 aliphatic heterocycles. The number of rotatable bonds is 14. The van der Waals surface area contributed by atoms with Gasteiger partial charge in [0.2, 0.25) is 0 Å². The maximum Gasteiger partial charge on any atom is 0.416 e. The fourth-order valence-corrected chi connectivity index (χ4v) is 8.14. The van der Waals surface area contributed by atoms with Gasteiger partial charge in [-0.1, -0.05) is 18.2 Å². The van der Waals surface area contributed by atoms with Crippen molar-refractivity contribution >= 4 is 21.5 Å². The Hall–Kier alpha value is -4.54. The molecule has 10 nitrogen and oxygen atoms in total. The number of piperidine rings is 1. The van der Waals surface area contributed by atoms with Crippen molar-refractivity contribution in [1.29, 1.82) is 0 Å². The van der Waals surface area contributed by atoms with Crippen LogP contribution < -0.4 is 18.7 Å². The van der Waals surface area contributed by atoms with Crippen molar-refractivity contribution < 1.29 is 45.0 Å². The predicted octanol–water partition coefficient (Wildman–Crippen LogP) is 6.08. The van der Waals surface area contributed by atoms with Gasteiger partial charge >= 0.3 is 6.18 Å². The lowest BCUT2D eigenvalue weighted by molar-refractivity contribution is -0.137. The van der Waals surface area contributed by atoms with Crippen molar-refractivity contribution in [3.8, 4) is 11.5 Å². The van der Waals surface area contributed by atoms with Crippen LogP contribution >= 0.6 is 0 Å². The van der Waals surface area contributed by atoms with Gasteiger partial charge in [0.15, 0.2) is 4.90 Å². The summed E-state index contributed by atoms with van der Waals surface area (Å²) in [5.41, 5.74) is -0.496. The molecule has 0 bridgehead atoms. The summed E-state index contributed by atoms with van der Waals surface area (Å²) in [6, 6.07) is 13.0.